The van der Waals surface area contributed by atoms with E-state index in [1.165, 1.54) is 16.9 Å². The molecule has 0 aliphatic carbocycles. The Labute approximate surface area is 239 Å². The molecule has 1 aliphatic rings. The summed E-state index contributed by atoms with van der Waals surface area (Å²) in [7, 11) is -5.52. The number of thioether (sulfide) groups is 1. The Morgan fingerprint density at radius 2 is 1.49 bits per heavy atom. The lowest BCUT2D eigenvalue weighted by molar-refractivity contribution is -0.113. The minimum Gasteiger partial charge on any atom is -0.493 e. The van der Waals surface area contributed by atoms with Crippen LogP contribution in [-0.2, 0) is 21.4 Å². The SMILES string of the molecule is CC(C)COc1ccc(COc2ccc(/C=C3\SC(Nc4ccc(NS(=O)(=O)C(F)(F)F)cc4)=NC3=O)cc2)cc1. The van der Waals surface area contributed by atoms with Gasteiger partial charge in [-0.05, 0) is 83.4 Å². The molecule has 3 aromatic rings. The summed E-state index contributed by atoms with van der Waals surface area (Å²) in [6.07, 6.45) is 1.68. The van der Waals surface area contributed by atoms with Crippen molar-refractivity contribution in [1.29, 1.82) is 0 Å². The molecule has 3 aromatic carbocycles. The van der Waals surface area contributed by atoms with Gasteiger partial charge in [-0.1, -0.05) is 38.1 Å². The summed E-state index contributed by atoms with van der Waals surface area (Å²) in [6, 6.07) is 20.0. The molecule has 0 spiro atoms. The number of carbonyl (C=O) groups is 1. The van der Waals surface area contributed by atoms with Crippen molar-refractivity contribution in [3.05, 3.63) is 88.8 Å². The van der Waals surface area contributed by atoms with Crippen molar-refractivity contribution in [3.8, 4) is 11.5 Å². The standard InChI is InChI=1S/C28H26F3N3O5S2/c1-18(2)16-38-23-13-5-20(6-14-23)17-39-24-11-3-19(4-12-24)15-25-26(35)33-27(40-25)32-21-7-9-22(10-8-21)34-41(36,37)28(29,30)31/h3-15,18,34H,16-17H2,1-2H3,(H,32,33,35)/b25-15-. The Bertz CT molecular complexity index is 1540. The maximum absolute atomic E-state index is 12.5. The summed E-state index contributed by atoms with van der Waals surface area (Å²) in [5.41, 5.74) is -3.53. The number of benzene rings is 3. The van der Waals surface area contributed by atoms with Crippen LogP contribution in [0.2, 0.25) is 0 Å². The fourth-order valence-corrected chi connectivity index (χ4v) is 4.74. The lowest BCUT2D eigenvalue weighted by atomic mass is 10.2. The van der Waals surface area contributed by atoms with Gasteiger partial charge in [0.15, 0.2) is 5.17 Å². The fraction of sp³-hybridized carbons (Fsp3) is 0.214. The van der Waals surface area contributed by atoms with Gasteiger partial charge in [-0.3, -0.25) is 9.52 Å². The van der Waals surface area contributed by atoms with E-state index in [2.05, 4.69) is 24.2 Å². The van der Waals surface area contributed by atoms with Gasteiger partial charge in [0.1, 0.15) is 18.1 Å². The summed E-state index contributed by atoms with van der Waals surface area (Å²) in [6.45, 7) is 5.23. The molecule has 0 bridgehead atoms. The molecule has 216 valence electrons. The number of hydrogen-bond acceptors (Lipinski definition) is 7. The van der Waals surface area contributed by atoms with Crippen LogP contribution in [0.25, 0.3) is 6.08 Å². The molecule has 0 saturated carbocycles. The van der Waals surface area contributed by atoms with Crippen LogP contribution in [0.15, 0.2) is 82.7 Å². The lowest BCUT2D eigenvalue weighted by Crippen LogP contribution is -2.29. The van der Waals surface area contributed by atoms with Crippen LogP contribution in [0.1, 0.15) is 25.0 Å². The van der Waals surface area contributed by atoms with Crippen molar-refractivity contribution in [2.24, 2.45) is 10.9 Å². The van der Waals surface area contributed by atoms with Gasteiger partial charge >= 0.3 is 15.5 Å². The minimum atomic E-state index is -5.52. The molecule has 2 N–H and O–H groups in total. The van der Waals surface area contributed by atoms with E-state index in [9.17, 15) is 26.4 Å². The highest BCUT2D eigenvalue weighted by Gasteiger charge is 2.46. The number of ether oxygens (including phenoxy) is 2. The zero-order valence-corrected chi connectivity index (χ0v) is 23.6. The zero-order chi connectivity index (χ0) is 29.6. The molecule has 0 saturated heterocycles. The van der Waals surface area contributed by atoms with E-state index in [0.29, 0.717) is 35.5 Å². The second-order valence-corrected chi connectivity index (χ2v) is 12.0. The third kappa shape index (κ3) is 8.51. The number of nitrogens with zero attached hydrogens (tertiary/aromatic N) is 1. The van der Waals surface area contributed by atoms with Gasteiger partial charge in [0.05, 0.1) is 11.5 Å². The molecule has 13 heteroatoms. The van der Waals surface area contributed by atoms with E-state index in [4.69, 9.17) is 9.47 Å². The Morgan fingerprint density at radius 3 is 2.10 bits per heavy atom. The molecule has 4 rings (SSSR count). The van der Waals surface area contributed by atoms with Crippen LogP contribution >= 0.6 is 11.8 Å². The number of rotatable bonds is 10. The molecule has 41 heavy (non-hydrogen) atoms. The first-order valence-electron chi connectivity index (χ1n) is 12.3. The first-order valence-corrected chi connectivity index (χ1v) is 14.6. The van der Waals surface area contributed by atoms with Crippen LogP contribution in [-0.4, -0.2) is 31.6 Å². The van der Waals surface area contributed by atoms with Crippen LogP contribution in [0.4, 0.5) is 24.5 Å². The van der Waals surface area contributed by atoms with E-state index in [0.717, 1.165) is 40.8 Å². The number of anilines is 2. The quantitative estimate of drug-likeness (QED) is 0.250. The predicted molar refractivity (Wildman–Crippen MR) is 154 cm³/mol. The number of carbonyl (C=O) groups excluding carboxylic acids is 1. The molecule has 1 amide bonds. The molecule has 1 heterocycles. The normalized spacial score (nSPS) is 14.7. The highest BCUT2D eigenvalue weighted by atomic mass is 32.2. The molecule has 0 radical (unpaired) electrons. The van der Waals surface area contributed by atoms with E-state index in [1.54, 1.807) is 18.2 Å². The monoisotopic (exact) mass is 605 g/mol. The van der Waals surface area contributed by atoms with Gasteiger partial charge in [0, 0.05) is 11.4 Å². The number of alkyl halides is 3. The van der Waals surface area contributed by atoms with Gasteiger partial charge in [0.25, 0.3) is 5.91 Å². The van der Waals surface area contributed by atoms with E-state index < -0.39 is 21.4 Å². The summed E-state index contributed by atoms with van der Waals surface area (Å²) >= 11 is 1.09. The van der Waals surface area contributed by atoms with Crippen molar-refractivity contribution >= 4 is 50.3 Å². The molecule has 0 unspecified atom stereocenters. The Hall–Kier alpha value is -3.97. The topological polar surface area (TPSA) is 106 Å². The molecule has 0 fully saturated rings. The van der Waals surface area contributed by atoms with Gasteiger partial charge in [0.2, 0.25) is 0 Å². The van der Waals surface area contributed by atoms with Crippen molar-refractivity contribution in [2.45, 2.75) is 26.0 Å². The molecule has 0 atom stereocenters. The predicted octanol–water partition coefficient (Wildman–Crippen LogP) is 6.64. The maximum atomic E-state index is 12.5. The molecule has 0 aromatic heterocycles. The minimum absolute atomic E-state index is 0.261. The van der Waals surface area contributed by atoms with Gasteiger partial charge in [-0.25, -0.2) is 0 Å². The summed E-state index contributed by atoms with van der Waals surface area (Å²) < 4.78 is 73.1. The Kier molecular flexibility index (Phi) is 9.28. The third-order valence-electron chi connectivity index (χ3n) is 5.40. The van der Waals surface area contributed by atoms with Crippen molar-refractivity contribution in [2.75, 3.05) is 16.6 Å². The number of hydrogen-bond donors (Lipinski definition) is 2. The Morgan fingerprint density at radius 1 is 0.902 bits per heavy atom. The number of amidine groups is 1. The van der Waals surface area contributed by atoms with E-state index in [1.807, 2.05) is 36.4 Å². The Balaban J connectivity index is 1.28. The van der Waals surface area contributed by atoms with Gasteiger partial charge in [-0.15, -0.1) is 0 Å². The maximum Gasteiger partial charge on any atom is 0.516 e. The van der Waals surface area contributed by atoms with E-state index >= 15 is 0 Å². The van der Waals surface area contributed by atoms with Gasteiger partial charge in [-0.2, -0.15) is 26.6 Å². The van der Waals surface area contributed by atoms with Crippen LogP contribution < -0.4 is 19.5 Å². The van der Waals surface area contributed by atoms with Crippen molar-refractivity contribution in [3.63, 3.8) is 0 Å². The lowest BCUT2D eigenvalue weighted by Gasteiger charge is -2.11. The number of sulfonamides is 1. The fourth-order valence-electron chi connectivity index (χ4n) is 3.34. The highest BCUT2D eigenvalue weighted by molar-refractivity contribution is 8.18. The average molecular weight is 606 g/mol. The molecule has 8 nitrogen and oxygen atoms in total. The zero-order valence-electron chi connectivity index (χ0n) is 21.9. The van der Waals surface area contributed by atoms with Crippen LogP contribution in [0.3, 0.4) is 0 Å². The molecular formula is C28H26F3N3O5S2. The molecule has 1 aliphatic heterocycles. The van der Waals surface area contributed by atoms with Crippen LogP contribution in [0.5, 0.6) is 11.5 Å². The van der Waals surface area contributed by atoms with Crippen LogP contribution in [0, 0.1) is 5.92 Å². The van der Waals surface area contributed by atoms with Crippen molar-refractivity contribution in [1.82, 2.24) is 0 Å². The smallest absolute Gasteiger partial charge is 0.493 e. The highest BCUT2D eigenvalue weighted by Crippen LogP contribution is 2.31. The van der Waals surface area contributed by atoms with Crippen molar-refractivity contribution < 1.29 is 35.9 Å². The summed E-state index contributed by atoms with van der Waals surface area (Å²) in [5, 5.41) is 3.16. The first-order chi connectivity index (χ1) is 19.4. The molecular weight excluding hydrogens is 579 g/mol. The van der Waals surface area contributed by atoms with E-state index in [-0.39, 0.29) is 10.9 Å². The third-order valence-corrected chi connectivity index (χ3v) is 7.42. The average Bonchev–Trinajstić information content (AvgIpc) is 3.26. The number of aliphatic imine (C=N–C) groups is 1. The first kappa shape index (κ1) is 30.0. The summed E-state index contributed by atoms with van der Waals surface area (Å²) in [5.74, 6) is 1.48. The second kappa shape index (κ2) is 12.7. The summed E-state index contributed by atoms with van der Waals surface area (Å²) in [4.78, 5) is 16.7. The largest absolute Gasteiger partial charge is 0.516 e. The second-order valence-electron chi connectivity index (χ2n) is 9.29. The number of amides is 1. The van der Waals surface area contributed by atoms with Gasteiger partial charge < -0.3 is 14.8 Å². The number of halogens is 3. The number of nitrogens with one attached hydrogen (secondary N) is 2.